The van der Waals surface area contributed by atoms with Gasteiger partial charge in [0, 0.05) is 18.3 Å². The number of hydrogen-bond acceptors (Lipinski definition) is 4. The van der Waals surface area contributed by atoms with E-state index in [4.69, 9.17) is 16.2 Å². The molecule has 2 amide bonds. The minimum Gasteiger partial charge on any atom is -0.496 e. The van der Waals surface area contributed by atoms with Gasteiger partial charge < -0.3 is 21.5 Å². The summed E-state index contributed by atoms with van der Waals surface area (Å²) in [5.74, 6) is -0.433. The van der Waals surface area contributed by atoms with E-state index >= 15 is 0 Å². The van der Waals surface area contributed by atoms with Gasteiger partial charge in [0.25, 0.3) is 5.91 Å². The number of hydrogen-bond donors (Lipinski definition) is 3. The summed E-state index contributed by atoms with van der Waals surface area (Å²) >= 11 is 0. The number of primary amides is 1. The average molecular weight is 265 g/mol. The van der Waals surface area contributed by atoms with Gasteiger partial charge in [0.15, 0.2) is 0 Å². The Kier molecular flexibility index (Phi) is 4.37. The molecule has 0 aliphatic carbocycles. The molecule has 0 spiro atoms. The van der Waals surface area contributed by atoms with Crippen molar-refractivity contribution in [2.75, 3.05) is 19.4 Å². The number of carbonyl (C=O) groups is 2. The second kappa shape index (κ2) is 5.60. The first kappa shape index (κ1) is 14.8. The molecule has 5 N–H and O–H groups in total. The fourth-order valence-electron chi connectivity index (χ4n) is 1.38. The maximum Gasteiger partial charge on any atom is 0.255 e. The molecule has 1 aromatic carbocycles. The number of benzene rings is 1. The van der Waals surface area contributed by atoms with Crippen molar-refractivity contribution >= 4 is 17.5 Å². The van der Waals surface area contributed by atoms with E-state index in [-0.39, 0.29) is 12.5 Å². The number of carbonyl (C=O) groups excluding carboxylic acids is 2. The minimum atomic E-state index is -0.809. The number of nitrogen functional groups attached to an aromatic ring is 1. The predicted octanol–water partition coefficient (Wildman–Crippen LogP) is 0.519. The number of ether oxygens (including phenoxy) is 1. The first-order chi connectivity index (χ1) is 8.77. The summed E-state index contributed by atoms with van der Waals surface area (Å²) in [7, 11) is 1.46. The molecule has 19 heavy (non-hydrogen) atoms. The highest BCUT2D eigenvalue weighted by molar-refractivity contribution is 5.97. The van der Waals surface area contributed by atoms with Crippen LogP contribution in [0.2, 0.25) is 0 Å². The Hall–Kier alpha value is -2.24. The lowest BCUT2D eigenvalue weighted by molar-refractivity contribution is -0.125. The molecule has 0 atom stereocenters. The van der Waals surface area contributed by atoms with Crippen molar-refractivity contribution in [2.24, 2.45) is 11.1 Å². The SMILES string of the molecule is COc1cc(N)ccc1C(=O)NCC(C)(C)C(N)=O. The second-order valence-electron chi connectivity index (χ2n) is 4.89. The maximum absolute atomic E-state index is 12.0. The summed E-state index contributed by atoms with van der Waals surface area (Å²) in [6, 6.07) is 4.74. The average Bonchev–Trinajstić information content (AvgIpc) is 2.35. The zero-order chi connectivity index (χ0) is 14.6. The van der Waals surface area contributed by atoms with E-state index in [0.717, 1.165) is 0 Å². The van der Waals surface area contributed by atoms with Crippen LogP contribution in [0.4, 0.5) is 5.69 Å². The highest BCUT2D eigenvalue weighted by Gasteiger charge is 2.26. The first-order valence-corrected chi connectivity index (χ1v) is 5.79. The highest BCUT2D eigenvalue weighted by Crippen LogP contribution is 2.21. The molecule has 0 radical (unpaired) electrons. The monoisotopic (exact) mass is 265 g/mol. The van der Waals surface area contributed by atoms with Crippen LogP contribution < -0.4 is 21.5 Å². The van der Waals surface area contributed by atoms with Crippen LogP contribution in [-0.2, 0) is 4.79 Å². The standard InChI is InChI=1S/C13H19N3O3/c1-13(2,12(15)18)7-16-11(17)9-5-4-8(14)6-10(9)19-3/h4-6H,7,14H2,1-3H3,(H2,15,18)(H,16,17). The van der Waals surface area contributed by atoms with Crippen LogP contribution in [0.25, 0.3) is 0 Å². The van der Waals surface area contributed by atoms with E-state index in [9.17, 15) is 9.59 Å². The molecule has 1 rings (SSSR count). The Balaban J connectivity index is 2.82. The van der Waals surface area contributed by atoms with Crippen LogP contribution in [-0.4, -0.2) is 25.5 Å². The van der Waals surface area contributed by atoms with Gasteiger partial charge in [-0.05, 0) is 26.0 Å². The second-order valence-corrected chi connectivity index (χ2v) is 4.89. The van der Waals surface area contributed by atoms with Gasteiger partial charge in [0.05, 0.1) is 18.1 Å². The van der Waals surface area contributed by atoms with E-state index in [1.807, 2.05) is 0 Å². The van der Waals surface area contributed by atoms with Gasteiger partial charge in [-0.3, -0.25) is 9.59 Å². The van der Waals surface area contributed by atoms with Crippen molar-refractivity contribution in [1.29, 1.82) is 0 Å². The van der Waals surface area contributed by atoms with Gasteiger partial charge >= 0.3 is 0 Å². The molecule has 6 heteroatoms. The molecule has 0 saturated heterocycles. The van der Waals surface area contributed by atoms with Crippen molar-refractivity contribution in [1.82, 2.24) is 5.32 Å². The molecule has 104 valence electrons. The van der Waals surface area contributed by atoms with Gasteiger partial charge in [-0.2, -0.15) is 0 Å². The van der Waals surface area contributed by atoms with E-state index in [1.54, 1.807) is 32.0 Å². The van der Waals surface area contributed by atoms with Crippen molar-refractivity contribution in [3.8, 4) is 5.75 Å². The topological polar surface area (TPSA) is 107 Å². The number of nitrogens with two attached hydrogens (primary N) is 2. The third kappa shape index (κ3) is 3.61. The molecule has 0 aliphatic rings. The summed E-state index contributed by atoms with van der Waals surface area (Å²) in [4.78, 5) is 23.2. The molecule has 0 heterocycles. The molecule has 6 nitrogen and oxygen atoms in total. The normalized spacial score (nSPS) is 10.9. The summed E-state index contributed by atoms with van der Waals surface area (Å²) < 4.78 is 5.09. The van der Waals surface area contributed by atoms with E-state index in [1.165, 1.54) is 7.11 Å². The van der Waals surface area contributed by atoms with Crippen LogP contribution in [0, 0.1) is 5.41 Å². The van der Waals surface area contributed by atoms with Gasteiger partial charge in [0.2, 0.25) is 5.91 Å². The highest BCUT2D eigenvalue weighted by atomic mass is 16.5. The lowest BCUT2D eigenvalue weighted by atomic mass is 9.92. The number of anilines is 1. The molecule has 0 bridgehead atoms. The number of rotatable bonds is 5. The predicted molar refractivity (Wildman–Crippen MR) is 72.7 cm³/mol. The first-order valence-electron chi connectivity index (χ1n) is 5.79. The summed E-state index contributed by atoms with van der Waals surface area (Å²) in [5.41, 5.74) is 10.9. The Morgan fingerprint density at radius 1 is 1.37 bits per heavy atom. The van der Waals surface area contributed by atoms with Gasteiger partial charge in [-0.1, -0.05) is 0 Å². The van der Waals surface area contributed by atoms with Crippen LogP contribution in [0.15, 0.2) is 18.2 Å². The summed E-state index contributed by atoms with van der Waals surface area (Å²) in [6.07, 6.45) is 0. The third-order valence-corrected chi connectivity index (χ3v) is 2.83. The van der Waals surface area contributed by atoms with Gasteiger partial charge in [-0.15, -0.1) is 0 Å². The molecular weight excluding hydrogens is 246 g/mol. The number of methoxy groups -OCH3 is 1. The molecule has 0 aliphatic heterocycles. The van der Waals surface area contributed by atoms with Crippen molar-refractivity contribution in [3.63, 3.8) is 0 Å². The van der Waals surface area contributed by atoms with Crippen LogP contribution in [0.5, 0.6) is 5.75 Å². The number of amides is 2. The van der Waals surface area contributed by atoms with Crippen LogP contribution in [0.3, 0.4) is 0 Å². The zero-order valence-corrected chi connectivity index (χ0v) is 11.3. The van der Waals surface area contributed by atoms with Crippen molar-refractivity contribution < 1.29 is 14.3 Å². The fraction of sp³-hybridized carbons (Fsp3) is 0.385. The zero-order valence-electron chi connectivity index (χ0n) is 11.3. The van der Waals surface area contributed by atoms with Crippen LogP contribution in [0.1, 0.15) is 24.2 Å². The van der Waals surface area contributed by atoms with Crippen LogP contribution >= 0.6 is 0 Å². The van der Waals surface area contributed by atoms with Gasteiger partial charge in [-0.25, -0.2) is 0 Å². The molecule has 0 fully saturated rings. The third-order valence-electron chi connectivity index (χ3n) is 2.83. The smallest absolute Gasteiger partial charge is 0.255 e. The Morgan fingerprint density at radius 2 is 2.00 bits per heavy atom. The Morgan fingerprint density at radius 3 is 2.53 bits per heavy atom. The Labute approximate surface area is 112 Å². The van der Waals surface area contributed by atoms with Crippen molar-refractivity contribution in [2.45, 2.75) is 13.8 Å². The van der Waals surface area contributed by atoms with E-state index in [2.05, 4.69) is 5.32 Å². The lowest BCUT2D eigenvalue weighted by Gasteiger charge is -2.21. The van der Waals surface area contributed by atoms with E-state index in [0.29, 0.717) is 17.0 Å². The number of nitrogens with one attached hydrogen (secondary N) is 1. The van der Waals surface area contributed by atoms with E-state index < -0.39 is 11.3 Å². The molecule has 1 aromatic rings. The fourth-order valence-corrected chi connectivity index (χ4v) is 1.38. The lowest BCUT2D eigenvalue weighted by Crippen LogP contribution is -2.42. The molecule has 0 saturated carbocycles. The van der Waals surface area contributed by atoms with Gasteiger partial charge in [0.1, 0.15) is 5.75 Å². The van der Waals surface area contributed by atoms with Crippen molar-refractivity contribution in [3.05, 3.63) is 23.8 Å². The minimum absolute atomic E-state index is 0.148. The molecular formula is C13H19N3O3. The molecule has 0 unspecified atom stereocenters. The quantitative estimate of drug-likeness (QED) is 0.674. The maximum atomic E-state index is 12.0. The molecule has 0 aromatic heterocycles. The summed E-state index contributed by atoms with van der Waals surface area (Å²) in [5, 5.41) is 2.65. The summed E-state index contributed by atoms with van der Waals surface area (Å²) in [6.45, 7) is 3.47. The largest absolute Gasteiger partial charge is 0.496 e. The Bertz CT molecular complexity index is 498.